The quantitative estimate of drug-likeness (QED) is 0.849. The third kappa shape index (κ3) is 3.57. The Kier molecular flexibility index (Phi) is 4.04. The van der Waals surface area contributed by atoms with Crippen LogP contribution in [0.1, 0.15) is 5.69 Å². The van der Waals surface area contributed by atoms with Gasteiger partial charge in [-0.05, 0) is 25.1 Å². The first-order valence-electron chi connectivity index (χ1n) is 5.54. The molecule has 21 heavy (non-hydrogen) atoms. The van der Waals surface area contributed by atoms with E-state index in [2.05, 4.69) is 9.71 Å². The molecule has 0 amide bonds. The molecule has 1 N–H and O–H groups in total. The highest BCUT2D eigenvalue weighted by atomic mass is 32.2. The van der Waals surface area contributed by atoms with E-state index in [-0.39, 0.29) is 10.0 Å². The van der Waals surface area contributed by atoms with Crippen molar-refractivity contribution in [3.8, 4) is 0 Å². The third-order valence-corrected chi connectivity index (χ3v) is 5.93. The van der Waals surface area contributed by atoms with Crippen molar-refractivity contribution in [3.63, 3.8) is 0 Å². The SMILES string of the molecule is Cc1csc(NS(=O)(=O)c2cc(S(C)(=O)=O)ccc2F)n1. The zero-order chi connectivity index (χ0) is 15.8. The van der Waals surface area contributed by atoms with Gasteiger partial charge in [-0.1, -0.05) is 0 Å². The average molecular weight is 350 g/mol. The Morgan fingerprint density at radius 1 is 1.24 bits per heavy atom. The van der Waals surface area contributed by atoms with Crippen LogP contribution in [0.25, 0.3) is 0 Å². The van der Waals surface area contributed by atoms with Crippen LogP contribution in [0.2, 0.25) is 0 Å². The minimum Gasteiger partial charge on any atom is -0.255 e. The number of anilines is 1. The lowest BCUT2D eigenvalue weighted by molar-refractivity contribution is 0.567. The molecule has 2 aromatic rings. The molecule has 0 aliphatic carbocycles. The number of hydrogen-bond donors (Lipinski definition) is 1. The molecule has 2 rings (SSSR count). The first kappa shape index (κ1) is 15.9. The lowest BCUT2D eigenvalue weighted by atomic mass is 10.3. The molecule has 0 saturated carbocycles. The molecule has 0 aliphatic heterocycles. The zero-order valence-corrected chi connectivity index (χ0v) is 13.4. The number of aryl methyl sites for hydroxylation is 1. The van der Waals surface area contributed by atoms with E-state index in [0.29, 0.717) is 5.69 Å². The maximum absolute atomic E-state index is 13.7. The third-order valence-electron chi connectivity index (χ3n) is 2.46. The minimum atomic E-state index is -4.25. The lowest BCUT2D eigenvalue weighted by Gasteiger charge is -2.08. The topological polar surface area (TPSA) is 93.2 Å². The van der Waals surface area contributed by atoms with Gasteiger partial charge in [-0.3, -0.25) is 4.72 Å². The van der Waals surface area contributed by atoms with Crippen LogP contribution < -0.4 is 4.72 Å². The standard InChI is InChI=1S/C11H11FN2O4S3/c1-7-6-19-11(13-7)14-21(17,18)10-5-8(20(2,15)16)3-4-9(10)12/h3-6H,1-2H3,(H,13,14). The maximum Gasteiger partial charge on any atom is 0.266 e. The number of thiazole rings is 1. The number of sulfonamides is 1. The van der Waals surface area contributed by atoms with Crippen LogP contribution in [0.5, 0.6) is 0 Å². The minimum absolute atomic E-state index is 0.0802. The number of hydrogen-bond acceptors (Lipinski definition) is 6. The Bertz CT molecular complexity index is 888. The predicted molar refractivity (Wildman–Crippen MR) is 77.2 cm³/mol. The number of benzene rings is 1. The van der Waals surface area contributed by atoms with Crippen molar-refractivity contribution in [2.45, 2.75) is 16.7 Å². The van der Waals surface area contributed by atoms with Crippen LogP contribution in [0.15, 0.2) is 33.4 Å². The fourth-order valence-corrected chi connectivity index (χ4v) is 4.26. The van der Waals surface area contributed by atoms with Crippen molar-refractivity contribution in [1.29, 1.82) is 0 Å². The van der Waals surface area contributed by atoms with E-state index >= 15 is 0 Å². The number of halogens is 1. The van der Waals surface area contributed by atoms with Gasteiger partial charge in [-0.2, -0.15) is 0 Å². The van der Waals surface area contributed by atoms with E-state index < -0.39 is 30.6 Å². The van der Waals surface area contributed by atoms with Crippen LogP contribution in [-0.4, -0.2) is 28.1 Å². The zero-order valence-electron chi connectivity index (χ0n) is 11.0. The van der Waals surface area contributed by atoms with E-state index in [9.17, 15) is 21.2 Å². The summed E-state index contributed by atoms with van der Waals surface area (Å²) in [6.07, 6.45) is 0.911. The Morgan fingerprint density at radius 2 is 1.90 bits per heavy atom. The van der Waals surface area contributed by atoms with E-state index in [1.165, 1.54) is 0 Å². The number of rotatable bonds is 4. The lowest BCUT2D eigenvalue weighted by Crippen LogP contribution is -2.15. The summed E-state index contributed by atoms with van der Waals surface area (Å²) in [5.74, 6) is -1.04. The Morgan fingerprint density at radius 3 is 2.43 bits per heavy atom. The summed E-state index contributed by atoms with van der Waals surface area (Å²) in [7, 11) is -7.90. The van der Waals surface area contributed by atoms with Gasteiger partial charge in [0.15, 0.2) is 15.0 Å². The molecule has 1 aromatic carbocycles. The van der Waals surface area contributed by atoms with Gasteiger partial charge in [-0.15, -0.1) is 11.3 Å². The second-order valence-electron chi connectivity index (χ2n) is 4.26. The van der Waals surface area contributed by atoms with Crippen molar-refractivity contribution in [2.24, 2.45) is 0 Å². The molecule has 0 bridgehead atoms. The van der Waals surface area contributed by atoms with E-state index in [1.807, 2.05) is 0 Å². The molecule has 10 heteroatoms. The van der Waals surface area contributed by atoms with Crippen molar-refractivity contribution in [1.82, 2.24) is 4.98 Å². The van der Waals surface area contributed by atoms with Crippen LogP contribution >= 0.6 is 11.3 Å². The number of sulfone groups is 1. The van der Waals surface area contributed by atoms with Gasteiger partial charge in [-0.25, -0.2) is 26.2 Å². The molecule has 114 valence electrons. The molecule has 0 saturated heterocycles. The molecule has 0 atom stereocenters. The molecule has 0 aliphatic rings. The highest BCUT2D eigenvalue weighted by molar-refractivity contribution is 7.93. The largest absolute Gasteiger partial charge is 0.266 e. The molecular formula is C11H11FN2O4S3. The summed E-state index contributed by atoms with van der Waals surface area (Å²) in [4.78, 5) is 2.89. The summed E-state index contributed by atoms with van der Waals surface area (Å²) in [6.45, 7) is 1.68. The summed E-state index contributed by atoms with van der Waals surface area (Å²) >= 11 is 1.04. The fraction of sp³-hybridized carbons (Fsp3) is 0.182. The van der Waals surface area contributed by atoms with E-state index in [4.69, 9.17) is 0 Å². The summed E-state index contributed by atoms with van der Waals surface area (Å²) in [5, 5.41) is 1.71. The Balaban J connectivity index is 2.49. The van der Waals surface area contributed by atoms with Crippen LogP contribution in [0.4, 0.5) is 9.52 Å². The molecule has 1 heterocycles. The Hall–Kier alpha value is -1.52. The molecule has 0 radical (unpaired) electrons. The van der Waals surface area contributed by atoms with Gasteiger partial charge >= 0.3 is 0 Å². The van der Waals surface area contributed by atoms with Gasteiger partial charge in [0.2, 0.25) is 0 Å². The Labute approximate surface area is 125 Å². The first-order chi connectivity index (χ1) is 9.59. The fourth-order valence-electron chi connectivity index (χ4n) is 1.49. The normalized spacial score (nSPS) is 12.3. The van der Waals surface area contributed by atoms with Gasteiger partial charge < -0.3 is 0 Å². The molecule has 6 nitrogen and oxygen atoms in total. The maximum atomic E-state index is 13.7. The van der Waals surface area contributed by atoms with Crippen molar-refractivity contribution in [3.05, 3.63) is 35.1 Å². The van der Waals surface area contributed by atoms with Crippen molar-refractivity contribution >= 4 is 36.3 Å². The highest BCUT2D eigenvalue weighted by Crippen LogP contribution is 2.23. The van der Waals surface area contributed by atoms with Crippen LogP contribution in [-0.2, 0) is 19.9 Å². The molecular weight excluding hydrogens is 339 g/mol. The monoisotopic (exact) mass is 350 g/mol. The smallest absolute Gasteiger partial charge is 0.255 e. The number of nitrogens with one attached hydrogen (secondary N) is 1. The van der Waals surface area contributed by atoms with E-state index in [1.54, 1.807) is 12.3 Å². The van der Waals surface area contributed by atoms with Crippen LogP contribution in [0.3, 0.4) is 0 Å². The van der Waals surface area contributed by atoms with Crippen molar-refractivity contribution < 1.29 is 21.2 Å². The van der Waals surface area contributed by atoms with Crippen molar-refractivity contribution in [2.75, 3.05) is 11.0 Å². The molecule has 0 unspecified atom stereocenters. The molecule has 0 fully saturated rings. The van der Waals surface area contributed by atoms with Gasteiger partial charge in [0.25, 0.3) is 10.0 Å². The predicted octanol–water partition coefficient (Wildman–Crippen LogP) is 1.79. The van der Waals surface area contributed by atoms with Gasteiger partial charge in [0.1, 0.15) is 10.7 Å². The van der Waals surface area contributed by atoms with Gasteiger partial charge in [0, 0.05) is 11.6 Å². The van der Waals surface area contributed by atoms with Crippen LogP contribution in [0, 0.1) is 12.7 Å². The number of aromatic nitrogens is 1. The highest BCUT2D eigenvalue weighted by Gasteiger charge is 2.23. The summed E-state index contributed by atoms with van der Waals surface area (Å²) in [6, 6.07) is 2.60. The van der Waals surface area contributed by atoms with Gasteiger partial charge in [0.05, 0.1) is 10.6 Å². The summed E-state index contributed by atoms with van der Waals surface area (Å²) in [5.41, 5.74) is 0.614. The average Bonchev–Trinajstić information content (AvgIpc) is 2.72. The van der Waals surface area contributed by atoms with E-state index in [0.717, 1.165) is 35.8 Å². The second kappa shape index (κ2) is 5.35. The molecule has 1 aromatic heterocycles. The number of nitrogens with zero attached hydrogens (tertiary/aromatic N) is 1. The second-order valence-corrected chi connectivity index (χ2v) is 8.79. The first-order valence-corrected chi connectivity index (χ1v) is 9.79. The summed E-state index contributed by atoms with van der Waals surface area (Å²) < 4.78 is 63.0. The molecule has 0 spiro atoms.